The van der Waals surface area contributed by atoms with Crippen LogP contribution in [-0.2, 0) is 7.05 Å². The van der Waals surface area contributed by atoms with Gasteiger partial charge in [0.05, 0.1) is 11.4 Å². The van der Waals surface area contributed by atoms with E-state index >= 15 is 0 Å². The van der Waals surface area contributed by atoms with Crippen LogP contribution in [0.15, 0.2) is 35.1 Å². The van der Waals surface area contributed by atoms with Crippen molar-refractivity contribution in [2.45, 2.75) is 6.92 Å². The van der Waals surface area contributed by atoms with Crippen molar-refractivity contribution < 1.29 is 4.79 Å². The number of nitrogens with zero attached hydrogens (tertiary/aromatic N) is 2. The second kappa shape index (κ2) is 4.71. The smallest absolute Gasteiger partial charge is 0.272 e. The molecule has 5 heteroatoms. The summed E-state index contributed by atoms with van der Waals surface area (Å²) in [4.78, 5) is 16.1. The fraction of sp³-hybridized carbons (Fsp3) is 0.167. The van der Waals surface area contributed by atoms with Crippen molar-refractivity contribution >= 4 is 27.5 Å². The zero-order chi connectivity index (χ0) is 12.4. The van der Waals surface area contributed by atoms with Gasteiger partial charge in [0.1, 0.15) is 5.69 Å². The van der Waals surface area contributed by atoms with Gasteiger partial charge in [-0.05, 0) is 41.1 Å². The Morgan fingerprint density at radius 2 is 2.29 bits per heavy atom. The number of carbonyl (C=O) groups excluding carboxylic acids is 1. The van der Waals surface area contributed by atoms with Crippen LogP contribution in [0.3, 0.4) is 0 Å². The van der Waals surface area contributed by atoms with E-state index in [1.165, 1.54) is 0 Å². The van der Waals surface area contributed by atoms with Gasteiger partial charge in [-0.1, -0.05) is 0 Å². The van der Waals surface area contributed by atoms with Gasteiger partial charge in [-0.3, -0.25) is 9.78 Å². The summed E-state index contributed by atoms with van der Waals surface area (Å²) in [6.45, 7) is 1.86. The first-order chi connectivity index (χ1) is 8.08. The summed E-state index contributed by atoms with van der Waals surface area (Å²) in [6, 6.07) is 5.41. The molecular weight excluding hydrogens is 282 g/mol. The monoisotopic (exact) mass is 293 g/mol. The Bertz CT molecular complexity index is 563. The third-order valence-corrected chi connectivity index (χ3v) is 2.89. The highest BCUT2D eigenvalue weighted by molar-refractivity contribution is 9.10. The van der Waals surface area contributed by atoms with Crippen molar-refractivity contribution in [1.29, 1.82) is 0 Å². The van der Waals surface area contributed by atoms with Crippen LogP contribution in [0.25, 0.3) is 0 Å². The minimum atomic E-state index is -0.144. The number of aryl methyl sites for hydroxylation is 2. The predicted molar refractivity (Wildman–Crippen MR) is 70.0 cm³/mol. The molecule has 0 saturated heterocycles. The maximum Gasteiger partial charge on any atom is 0.272 e. The van der Waals surface area contributed by atoms with Crippen molar-refractivity contribution in [2.75, 3.05) is 5.32 Å². The number of aromatic nitrogens is 2. The van der Waals surface area contributed by atoms with Crippen LogP contribution in [-0.4, -0.2) is 15.5 Å². The molecule has 0 spiro atoms. The number of hydrogen-bond acceptors (Lipinski definition) is 2. The van der Waals surface area contributed by atoms with Gasteiger partial charge in [-0.25, -0.2) is 0 Å². The first-order valence-corrected chi connectivity index (χ1v) is 5.92. The number of hydrogen-bond donors (Lipinski definition) is 1. The van der Waals surface area contributed by atoms with E-state index < -0.39 is 0 Å². The fourth-order valence-electron chi connectivity index (χ4n) is 1.55. The summed E-state index contributed by atoms with van der Waals surface area (Å²) in [6.07, 6.45) is 3.54. The van der Waals surface area contributed by atoms with E-state index in [-0.39, 0.29) is 5.91 Å². The van der Waals surface area contributed by atoms with Crippen molar-refractivity contribution in [3.8, 4) is 0 Å². The minimum Gasteiger partial charge on any atom is -0.345 e. The molecule has 2 rings (SSSR count). The topological polar surface area (TPSA) is 46.9 Å². The summed E-state index contributed by atoms with van der Waals surface area (Å²) in [5.74, 6) is -0.144. The molecule has 0 atom stereocenters. The van der Waals surface area contributed by atoms with E-state index in [1.54, 1.807) is 22.9 Å². The highest BCUT2D eigenvalue weighted by Gasteiger charge is 2.12. The molecule has 2 aromatic heterocycles. The Morgan fingerprint density at radius 1 is 1.53 bits per heavy atom. The Hall–Kier alpha value is -1.62. The lowest BCUT2D eigenvalue weighted by atomic mass is 10.3. The lowest BCUT2D eigenvalue weighted by molar-refractivity contribution is 0.101. The highest BCUT2D eigenvalue weighted by atomic mass is 79.9. The lowest BCUT2D eigenvalue weighted by Crippen LogP contribution is -2.16. The number of anilines is 1. The highest BCUT2D eigenvalue weighted by Crippen LogP contribution is 2.16. The summed E-state index contributed by atoms with van der Waals surface area (Å²) in [5.41, 5.74) is 2.13. The molecule has 1 N–H and O–H groups in total. The molecule has 0 aliphatic heterocycles. The number of nitrogens with one attached hydrogen (secondary N) is 1. The number of rotatable bonds is 2. The number of carbonyl (C=O) groups is 1. The van der Waals surface area contributed by atoms with Gasteiger partial charge < -0.3 is 9.88 Å². The van der Waals surface area contributed by atoms with E-state index in [0.29, 0.717) is 5.69 Å². The SMILES string of the molecule is Cc1ncccc1NC(=O)c1cc(Br)cn1C. The average molecular weight is 294 g/mol. The molecule has 88 valence electrons. The number of amides is 1. The molecule has 4 nitrogen and oxygen atoms in total. The standard InChI is InChI=1S/C12H12BrN3O/c1-8-10(4-3-5-14-8)15-12(17)11-6-9(13)7-16(11)2/h3-7H,1-2H3,(H,15,17). The normalized spacial score (nSPS) is 10.3. The van der Waals surface area contributed by atoms with Gasteiger partial charge in [0, 0.05) is 23.9 Å². The van der Waals surface area contributed by atoms with Gasteiger partial charge >= 0.3 is 0 Å². The van der Waals surface area contributed by atoms with Crippen LogP contribution in [0.4, 0.5) is 5.69 Å². The number of halogens is 1. The lowest BCUT2D eigenvalue weighted by Gasteiger charge is -2.07. The van der Waals surface area contributed by atoms with Gasteiger partial charge in [0.2, 0.25) is 0 Å². The second-order valence-electron chi connectivity index (χ2n) is 3.74. The summed E-state index contributed by atoms with van der Waals surface area (Å²) < 4.78 is 2.65. The van der Waals surface area contributed by atoms with Crippen LogP contribution >= 0.6 is 15.9 Å². The summed E-state index contributed by atoms with van der Waals surface area (Å²) in [7, 11) is 1.83. The summed E-state index contributed by atoms with van der Waals surface area (Å²) in [5, 5.41) is 2.84. The molecule has 0 aromatic carbocycles. The van der Waals surface area contributed by atoms with Crippen LogP contribution in [0.2, 0.25) is 0 Å². The second-order valence-corrected chi connectivity index (χ2v) is 4.66. The molecule has 0 aliphatic rings. The van der Waals surface area contributed by atoms with Gasteiger partial charge in [-0.15, -0.1) is 0 Å². The molecule has 0 fully saturated rings. The zero-order valence-corrected chi connectivity index (χ0v) is 11.2. The largest absolute Gasteiger partial charge is 0.345 e. The first-order valence-electron chi connectivity index (χ1n) is 5.13. The first kappa shape index (κ1) is 11.9. The predicted octanol–water partition coefficient (Wildman–Crippen LogP) is 2.74. The van der Waals surface area contributed by atoms with E-state index in [1.807, 2.05) is 26.2 Å². The van der Waals surface area contributed by atoms with E-state index in [4.69, 9.17) is 0 Å². The maximum absolute atomic E-state index is 12.0. The molecule has 0 radical (unpaired) electrons. The molecule has 2 aromatic rings. The third-order valence-electron chi connectivity index (χ3n) is 2.46. The van der Waals surface area contributed by atoms with E-state index in [2.05, 4.69) is 26.2 Å². The average Bonchev–Trinajstić information content (AvgIpc) is 2.61. The van der Waals surface area contributed by atoms with Crippen LogP contribution in [0, 0.1) is 6.92 Å². The Kier molecular flexibility index (Phi) is 3.28. The Balaban J connectivity index is 2.23. The molecule has 1 amide bonds. The Labute approximate surface area is 108 Å². The van der Waals surface area contributed by atoms with Crippen molar-refractivity contribution in [1.82, 2.24) is 9.55 Å². The molecule has 0 saturated carbocycles. The van der Waals surface area contributed by atoms with Crippen LogP contribution in [0.5, 0.6) is 0 Å². The van der Waals surface area contributed by atoms with Gasteiger partial charge in [0.15, 0.2) is 0 Å². The molecule has 2 heterocycles. The molecule has 0 bridgehead atoms. The molecule has 0 aliphatic carbocycles. The Morgan fingerprint density at radius 3 is 2.88 bits per heavy atom. The molecular formula is C12H12BrN3O. The maximum atomic E-state index is 12.0. The van der Waals surface area contributed by atoms with Gasteiger partial charge in [-0.2, -0.15) is 0 Å². The number of pyridine rings is 1. The quantitative estimate of drug-likeness (QED) is 0.925. The summed E-state index contributed by atoms with van der Waals surface area (Å²) >= 11 is 3.34. The van der Waals surface area contributed by atoms with E-state index in [9.17, 15) is 4.79 Å². The van der Waals surface area contributed by atoms with Crippen molar-refractivity contribution in [3.05, 3.63) is 46.5 Å². The van der Waals surface area contributed by atoms with Crippen molar-refractivity contribution in [2.24, 2.45) is 7.05 Å². The van der Waals surface area contributed by atoms with Crippen LogP contribution < -0.4 is 5.32 Å². The van der Waals surface area contributed by atoms with Crippen LogP contribution in [0.1, 0.15) is 16.2 Å². The zero-order valence-electron chi connectivity index (χ0n) is 9.57. The minimum absolute atomic E-state index is 0.144. The molecule has 17 heavy (non-hydrogen) atoms. The van der Waals surface area contributed by atoms with Crippen molar-refractivity contribution in [3.63, 3.8) is 0 Å². The third kappa shape index (κ3) is 2.55. The van der Waals surface area contributed by atoms with E-state index in [0.717, 1.165) is 15.9 Å². The molecule has 0 unspecified atom stereocenters. The van der Waals surface area contributed by atoms with Gasteiger partial charge in [0.25, 0.3) is 5.91 Å². The fourth-order valence-corrected chi connectivity index (χ4v) is 2.08.